The van der Waals surface area contributed by atoms with Gasteiger partial charge in [-0.3, -0.25) is 9.36 Å². The van der Waals surface area contributed by atoms with Crippen molar-refractivity contribution in [2.75, 3.05) is 0 Å². The number of benzene rings is 2. The second-order valence-electron chi connectivity index (χ2n) is 7.76. The molecule has 1 atom stereocenters. The molecular formula is C23H22BrN4OP. The first-order valence-corrected chi connectivity index (χ1v) is 11.6. The molecule has 5 nitrogen and oxygen atoms in total. The van der Waals surface area contributed by atoms with Crippen LogP contribution >= 0.6 is 25.2 Å². The van der Waals surface area contributed by atoms with Crippen LogP contribution in [0.5, 0.6) is 0 Å². The van der Waals surface area contributed by atoms with Crippen LogP contribution in [0.4, 0.5) is 0 Å². The van der Waals surface area contributed by atoms with Gasteiger partial charge in [0.15, 0.2) is 11.5 Å². The van der Waals surface area contributed by atoms with E-state index in [0.717, 1.165) is 33.9 Å². The van der Waals surface area contributed by atoms with Crippen molar-refractivity contribution < 1.29 is 0 Å². The average molecular weight is 481 g/mol. The van der Waals surface area contributed by atoms with E-state index in [2.05, 4.69) is 30.3 Å². The van der Waals surface area contributed by atoms with E-state index in [1.807, 2.05) is 53.2 Å². The minimum Gasteiger partial charge on any atom is -0.268 e. The fraction of sp³-hybridized carbons (Fsp3) is 0.261. The molecule has 0 amide bonds. The van der Waals surface area contributed by atoms with Crippen LogP contribution in [0, 0.1) is 0 Å². The fourth-order valence-electron chi connectivity index (χ4n) is 4.29. The predicted molar refractivity (Wildman–Crippen MR) is 128 cm³/mol. The van der Waals surface area contributed by atoms with E-state index in [4.69, 9.17) is 4.98 Å². The second-order valence-corrected chi connectivity index (χ2v) is 9.30. The maximum atomic E-state index is 13.7. The van der Waals surface area contributed by atoms with Crippen LogP contribution in [0.15, 0.2) is 64.0 Å². The number of fused-ring (bicyclic) bond motifs is 1. The van der Waals surface area contributed by atoms with Crippen LogP contribution in [0.2, 0.25) is 0 Å². The molecule has 2 aromatic heterocycles. The lowest BCUT2D eigenvalue weighted by molar-refractivity contribution is 0.336. The Bertz CT molecular complexity index is 1270. The molecule has 1 saturated carbocycles. The Morgan fingerprint density at radius 2 is 1.73 bits per heavy atom. The Morgan fingerprint density at radius 1 is 1.00 bits per heavy atom. The van der Waals surface area contributed by atoms with Crippen molar-refractivity contribution in [2.24, 2.45) is 0 Å². The van der Waals surface area contributed by atoms with Gasteiger partial charge in [0.05, 0.1) is 17.9 Å². The summed E-state index contributed by atoms with van der Waals surface area (Å²) in [5.74, 6) is 0.637. The molecule has 1 aliphatic carbocycles. The smallest absolute Gasteiger partial charge is 0.268 e. The summed E-state index contributed by atoms with van der Waals surface area (Å²) in [4.78, 5) is 18.7. The number of rotatable bonds is 3. The molecule has 5 rings (SSSR count). The van der Waals surface area contributed by atoms with Gasteiger partial charge in [0.1, 0.15) is 5.39 Å². The summed E-state index contributed by atoms with van der Waals surface area (Å²) in [6.07, 6.45) is 7.52. The SMILES string of the molecule is O=c1c2cnn(C3CCCCC3)c2nc(-c2ccccc2P)n1-c1ccc(Br)cc1. The van der Waals surface area contributed by atoms with E-state index in [-0.39, 0.29) is 5.56 Å². The standard InChI is InChI=1S/C23H22BrN4OP/c24-15-10-12-16(13-11-15)27-21(18-8-4-5-9-20(18)30)26-22-19(23(27)29)14-25-28(22)17-6-2-1-3-7-17/h4-5,8-14,17H,1-3,6-7,30H2. The molecule has 0 bridgehead atoms. The summed E-state index contributed by atoms with van der Waals surface area (Å²) in [6.45, 7) is 0. The molecule has 152 valence electrons. The van der Waals surface area contributed by atoms with E-state index in [9.17, 15) is 4.79 Å². The molecule has 4 aromatic rings. The molecule has 30 heavy (non-hydrogen) atoms. The molecule has 0 radical (unpaired) electrons. The first-order chi connectivity index (χ1) is 14.6. The Balaban J connectivity index is 1.81. The van der Waals surface area contributed by atoms with Crippen molar-refractivity contribution in [3.63, 3.8) is 0 Å². The molecule has 2 heterocycles. The highest BCUT2D eigenvalue weighted by Crippen LogP contribution is 2.30. The largest absolute Gasteiger partial charge is 0.269 e. The van der Waals surface area contributed by atoms with E-state index in [1.54, 1.807) is 10.8 Å². The fourth-order valence-corrected chi connectivity index (χ4v) is 4.89. The van der Waals surface area contributed by atoms with Crippen molar-refractivity contribution in [1.82, 2.24) is 19.3 Å². The Morgan fingerprint density at radius 3 is 2.47 bits per heavy atom. The summed E-state index contributed by atoms with van der Waals surface area (Å²) in [7, 11) is 2.76. The van der Waals surface area contributed by atoms with Crippen molar-refractivity contribution in [3.05, 3.63) is 69.6 Å². The Labute approximate surface area is 185 Å². The van der Waals surface area contributed by atoms with Gasteiger partial charge in [-0.05, 0) is 42.4 Å². The van der Waals surface area contributed by atoms with Crippen LogP contribution in [0.1, 0.15) is 38.1 Å². The molecule has 0 saturated heterocycles. The van der Waals surface area contributed by atoms with Crippen LogP contribution in [0.3, 0.4) is 0 Å². The molecule has 0 aliphatic heterocycles. The lowest BCUT2D eigenvalue weighted by Crippen LogP contribution is -2.24. The quantitative estimate of drug-likeness (QED) is 0.387. The van der Waals surface area contributed by atoms with Crippen LogP contribution < -0.4 is 10.9 Å². The zero-order valence-corrected chi connectivity index (χ0v) is 19.2. The normalized spacial score (nSPS) is 15.0. The first-order valence-electron chi connectivity index (χ1n) is 10.2. The van der Waals surface area contributed by atoms with Gasteiger partial charge in [0, 0.05) is 10.0 Å². The lowest BCUT2D eigenvalue weighted by Gasteiger charge is -2.22. The molecule has 0 N–H and O–H groups in total. The minimum atomic E-state index is -0.0902. The third kappa shape index (κ3) is 3.42. The van der Waals surface area contributed by atoms with Crippen LogP contribution in [-0.4, -0.2) is 19.3 Å². The molecule has 1 aliphatic rings. The minimum absolute atomic E-state index is 0.0902. The Kier molecular flexibility index (Phi) is 5.30. The highest BCUT2D eigenvalue weighted by atomic mass is 79.9. The van der Waals surface area contributed by atoms with Crippen molar-refractivity contribution in [3.8, 4) is 17.1 Å². The highest BCUT2D eigenvalue weighted by molar-refractivity contribution is 9.10. The van der Waals surface area contributed by atoms with Crippen molar-refractivity contribution in [1.29, 1.82) is 0 Å². The van der Waals surface area contributed by atoms with Crippen molar-refractivity contribution >= 4 is 41.5 Å². The van der Waals surface area contributed by atoms with E-state index in [1.165, 1.54) is 19.3 Å². The third-order valence-corrected chi connectivity index (χ3v) is 6.87. The topological polar surface area (TPSA) is 52.7 Å². The zero-order chi connectivity index (χ0) is 20.7. The van der Waals surface area contributed by atoms with Crippen LogP contribution in [0.25, 0.3) is 28.1 Å². The molecule has 1 fully saturated rings. The second kappa shape index (κ2) is 8.09. The van der Waals surface area contributed by atoms with Crippen molar-refractivity contribution in [2.45, 2.75) is 38.1 Å². The van der Waals surface area contributed by atoms with Gasteiger partial charge in [-0.15, -0.1) is 9.24 Å². The third-order valence-electron chi connectivity index (χ3n) is 5.83. The first kappa shape index (κ1) is 19.7. The van der Waals surface area contributed by atoms with Crippen LogP contribution in [-0.2, 0) is 0 Å². The zero-order valence-electron chi connectivity index (χ0n) is 16.5. The monoisotopic (exact) mass is 480 g/mol. The number of halogens is 1. The molecule has 7 heteroatoms. The van der Waals surface area contributed by atoms with E-state index in [0.29, 0.717) is 22.9 Å². The summed E-state index contributed by atoms with van der Waals surface area (Å²) in [6, 6.07) is 16.0. The molecule has 1 unspecified atom stereocenters. The number of hydrogen-bond acceptors (Lipinski definition) is 3. The van der Waals surface area contributed by atoms with Gasteiger partial charge in [-0.25, -0.2) is 9.67 Å². The van der Waals surface area contributed by atoms with Gasteiger partial charge in [0.2, 0.25) is 0 Å². The maximum absolute atomic E-state index is 13.7. The summed E-state index contributed by atoms with van der Waals surface area (Å²) >= 11 is 3.48. The summed E-state index contributed by atoms with van der Waals surface area (Å²) in [5, 5.41) is 6.18. The number of aromatic nitrogens is 4. The molecule has 0 spiro atoms. The van der Waals surface area contributed by atoms with Gasteiger partial charge < -0.3 is 0 Å². The van der Waals surface area contributed by atoms with Gasteiger partial charge >= 0.3 is 0 Å². The molecule has 2 aromatic carbocycles. The average Bonchev–Trinajstić information content (AvgIpc) is 3.20. The molecular weight excluding hydrogens is 459 g/mol. The Hall–Kier alpha value is -2.30. The lowest BCUT2D eigenvalue weighted by atomic mass is 9.96. The van der Waals surface area contributed by atoms with Gasteiger partial charge in [0.25, 0.3) is 5.56 Å². The van der Waals surface area contributed by atoms with Gasteiger partial charge in [-0.2, -0.15) is 5.10 Å². The number of hydrogen-bond donors (Lipinski definition) is 0. The highest BCUT2D eigenvalue weighted by Gasteiger charge is 2.23. The van der Waals surface area contributed by atoms with E-state index < -0.39 is 0 Å². The summed E-state index contributed by atoms with van der Waals surface area (Å²) < 4.78 is 4.65. The van der Waals surface area contributed by atoms with Gasteiger partial charge in [-0.1, -0.05) is 59.5 Å². The maximum Gasteiger partial charge on any atom is 0.269 e. The predicted octanol–water partition coefficient (Wildman–Crippen LogP) is 5.02. The number of nitrogens with zero attached hydrogens (tertiary/aromatic N) is 4. The summed E-state index contributed by atoms with van der Waals surface area (Å²) in [5.41, 5.74) is 2.29. The van der Waals surface area contributed by atoms with E-state index >= 15 is 0 Å².